The Hall–Kier alpha value is -2.62. The molecule has 23 heavy (non-hydrogen) atoms. The van der Waals surface area contributed by atoms with Crippen LogP contribution in [0, 0.1) is 0 Å². The van der Waals surface area contributed by atoms with Crippen LogP contribution in [-0.2, 0) is 7.05 Å². The maximum absolute atomic E-state index is 13.0. The van der Waals surface area contributed by atoms with E-state index in [1.54, 1.807) is 4.90 Å². The van der Waals surface area contributed by atoms with E-state index >= 15 is 0 Å². The Kier molecular flexibility index (Phi) is 4.42. The number of hydrogen-bond acceptors (Lipinski definition) is 2. The van der Waals surface area contributed by atoms with E-state index in [4.69, 9.17) is 0 Å². The minimum Gasteiger partial charge on any atom is -0.313 e. The molecule has 118 valence electrons. The van der Waals surface area contributed by atoms with E-state index in [0.717, 1.165) is 23.9 Å². The zero-order valence-corrected chi connectivity index (χ0v) is 13.6. The number of hydrogen-bond donors (Lipinski definition) is 0. The van der Waals surface area contributed by atoms with E-state index in [-0.39, 0.29) is 5.91 Å². The molecule has 2 aromatic carbocycles. The van der Waals surface area contributed by atoms with Crippen molar-refractivity contribution in [1.82, 2.24) is 9.55 Å². The Bertz CT molecular complexity index is 808. The van der Waals surface area contributed by atoms with Gasteiger partial charge in [-0.25, -0.2) is 4.98 Å². The number of aromatic nitrogens is 2. The first-order chi connectivity index (χ1) is 11.2. The highest BCUT2D eigenvalue weighted by atomic mass is 16.2. The van der Waals surface area contributed by atoms with Crippen LogP contribution in [0.4, 0.5) is 5.95 Å². The van der Waals surface area contributed by atoms with Crippen molar-refractivity contribution < 1.29 is 4.79 Å². The van der Waals surface area contributed by atoms with Gasteiger partial charge in [0.25, 0.3) is 5.91 Å². The van der Waals surface area contributed by atoms with Crippen LogP contribution in [0.25, 0.3) is 11.0 Å². The molecule has 0 atom stereocenters. The molecule has 0 N–H and O–H groups in total. The molecule has 0 bridgehead atoms. The summed E-state index contributed by atoms with van der Waals surface area (Å²) in [6.07, 6.45) is 1.98. The maximum Gasteiger partial charge on any atom is 0.260 e. The van der Waals surface area contributed by atoms with E-state index in [1.807, 2.05) is 66.2 Å². The minimum absolute atomic E-state index is 0.00236. The highest BCUT2D eigenvalue weighted by molar-refractivity contribution is 6.05. The molecule has 0 fully saturated rings. The summed E-state index contributed by atoms with van der Waals surface area (Å²) in [6, 6.07) is 17.4. The van der Waals surface area contributed by atoms with E-state index in [9.17, 15) is 4.79 Å². The van der Waals surface area contributed by atoms with Crippen molar-refractivity contribution in [3.8, 4) is 0 Å². The third-order valence-electron chi connectivity index (χ3n) is 4.01. The molecule has 0 saturated carbocycles. The van der Waals surface area contributed by atoms with Crippen molar-refractivity contribution in [3.05, 3.63) is 60.2 Å². The van der Waals surface area contributed by atoms with Gasteiger partial charge in [-0.3, -0.25) is 9.69 Å². The number of nitrogens with zero attached hydrogens (tertiary/aromatic N) is 3. The molecule has 0 aliphatic rings. The Morgan fingerprint density at radius 1 is 1.09 bits per heavy atom. The predicted molar refractivity (Wildman–Crippen MR) is 93.7 cm³/mol. The molecule has 0 spiro atoms. The number of para-hydroxylation sites is 2. The van der Waals surface area contributed by atoms with Gasteiger partial charge in [0.15, 0.2) is 0 Å². The number of unbranched alkanes of at least 4 members (excludes halogenated alkanes) is 1. The second-order valence-corrected chi connectivity index (χ2v) is 5.64. The number of carbonyl (C=O) groups excluding carboxylic acids is 1. The van der Waals surface area contributed by atoms with Crippen LogP contribution in [0.15, 0.2) is 54.6 Å². The van der Waals surface area contributed by atoms with Crippen LogP contribution in [0.5, 0.6) is 0 Å². The van der Waals surface area contributed by atoms with E-state index in [0.29, 0.717) is 18.1 Å². The Balaban J connectivity index is 2.04. The number of imidazole rings is 1. The summed E-state index contributed by atoms with van der Waals surface area (Å²) in [7, 11) is 1.96. The first-order valence-electron chi connectivity index (χ1n) is 8.00. The van der Waals surface area contributed by atoms with Gasteiger partial charge in [0, 0.05) is 19.2 Å². The fraction of sp³-hybridized carbons (Fsp3) is 0.263. The molecular weight excluding hydrogens is 286 g/mol. The van der Waals surface area contributed by atoms with Crippen LogP contribution in [0.2, 0.25) is 0 Å². The van der Waals surface area contributed by atoms with Gasteiger partial charge < -0.3 is 4.57 Å². The quantitative estimate of drug-likeness (QED) is 0.714. The minimum atomic E-state index is -0.00236. The number of rotatable bonds is 5. The maximum atomic E-state index is 13.0. The van der Waals surface area contributed by atoms with Crippen molar-refractivity contribution in [2.75, 3.05) is 11.4 Å². The fourth-order valence-corrected chi connectivity index (χ4v) is 2.72. The molecule has 3 rings (SSSR count). The molecular formula is C19H21N3O. The Morgan fingerprint density at radius 2 is 1.78 bits per heavy atom. The normalized spacial score (nSPS) is 10.9. The summed E-state index contributed by atoms with van der Waals surface area (Å²) in [5.74, 6) is 0.700. The van der Waals surface area contributed by atoms with Crippen LogP contribution in [-0.4, -0.2) is 22.0 Å². The largest absolute Gasteiger partial charge is 0.313 e. The molecule has 3 aromatic rings. The summed E-state index contributed by atoms with van der Waals surface area (Å²) in [4.78, 5) is 19.4. The number of aryl methyl sites for hydroxylation is 1. The van der Waals surface area contributed by atoms with Gasteiger partial charge in [-0.1, -0.05) is 43.7 Å². The monoisotopic (exact) mass is 307 g/mol. The molecule has 4 heteroatoms. The molecule has 0 aliphatic heterocycles. The SMILES string of the molecule is CCCCN(C(=O)c1ccccc1)c1nc2ccccc2n1C. The summed E-state index contributed by atoms with van der Waals surface area (Å²) < 4.78 is 1.99. The first-order valence-corrected chi connectivity index (χ1v) is 8.00. The molecule has 0 unspecified atom stereocenters. The predicted octanol–water partition coefficient (Wildman–Crippen LogP) is 4.02. The molecule has 4 nitrogen and oxygen atoms in total. The zero-order chi connectivity index (χ0) is 16.2. The third-order valence-corrected chi connectivity index (χ3v) is 4.01. The van der Waals surface area contributed by atoms with Crippen LogP contribution < -0.4 is 4.90 Å². The molecule has 0 radical (unpaired) electrons. The lowest BCUT2D eigenvalue weighted by Gasteiger charge is -2.21. The average Bonchev–Trinajstić information content (AvgIpc) is 2.93. The lowest BCUT2D eigenvalue weighted by atomic mass is 10.2. The lowest BCUT2D eigenvalue weighted by molar-refractivity contribution is 0.0984. The molecule has 1 aromatic heterocycles. The summed E-state index contributed by atoms with van der Waals surface area (Å²) in [6.45, 7) is 2.79. The van der Waals surface area contributed by atoms with E-state index in [2.05, 4.69) is 11.9 Å². The zero-order valence-electron chi connectivity index (χ0n) is 13.6. The van der Waals surface area contributed by atoms with Crippen LogP contribution in [0.3, 0.4) is 0 Å². The van der Waals surface area contributed by atoms with Crippen molar-refractivity contribution in [1.29, 1.82) is 0 Å². The van der Waals surface area contributed by atoms with Gasteiger partial charge in [0.2, 0.25) is 5.95 Å². The number of benzene rings is 2. The molecule has 1 heterocycles. The van der Waals surface area contributed by atoms with Crippen molar-refractivity contribution in [2.24, 2.45) is 7.05 Å². The molecule has 0 aliphatic carbocycles. The Morgan fingerprint density at radius 3 is 2.48 bits per heavy atom. The van der Waals surface area contributed by atoms with Gasteiger partial charge in [-0.2, -0.15) is 0 Å². The van der Waals surface area contributed by atoms with Crippen molar-refractivity contribution >= 4 is 22.9 Å². The second kappa shape index (κ2) is 6.65. The molecule has 1 amide bonds. The third kappa shape index (κ3) is 2.97. The Labute approximate surface area is 136 Å². The summed E-state index contributed by atoms with van der Waals surface area (Å²) >= 11 is 0. The van der Waals surface area contributed by atoms with Crippen LogP contribution >= 0.6 is 0 Å². The van der Waals surface area contributed by atoms with Gasteiger partial charge in [0.05, 0.1) is 11.0 Å². The van der Waals surface area contributed by atoms with Gasteiger partial charge >= 0.3 is 0 Å². The van der Waals surface area contributed by atoms with Gasteiger partial charge in [-0.05, 0) is 30.7 Å². The van der Waals surface area contributed by atoms with E-state index < -0.39 is 0 Å². The van der Waals surface area contributed by atoms with Crippen molar-refractivity contribution in [3.63, 3.8) is 0 Å². The lowest BCUT2D eigenvalue weighted by Crippen LogP contribution is -2.34. The summed E-state index contributed by atoms with van der Waals surface area (Å²) in [5.41, 5.74) is 2.63. The first kappa shape index (κ1) is 15.3. The highest BCUT2D eigenvalue weighted by Crippen LogP contribution is 2.23. The van der Waals surface area contributed by atoms with Gasteiger partial charge in [0.1, 0.15) is 0 Å². The topological polar surface area (TPSA) is 38.1 Å². The number of carbonyl (C=O) groups is 1. The highest BCUT2D eigenvalue weighted by Gasteiger charge is 2.22. The number of fused-ring (bicyclic) bond motifs is 1. The van der Waals surface area contributed by atoms with E-state index in [1.165, 1.54) is 0 Å². The standard InChI is InChI=1S/C19H21N3O/c1-3-4-14-22(18(23)15-10-6-5-7-11-15)19-20-16-12-8-9-13-17(16)21(19)2/h5-13H,3-4,14H2,1-2H3. The van der Waals surface area contributed by atoms with Gasteiger partial charge in [-0.15, -0.1) is 0 Å². The second-order valence-electron chi connectivity index (χ2n) is 5.64. The van der Waals surface area contributed by atoms with Crippen LogP contribution in [0.1, 0.15) is 30.1 Å². The van der Waals surface area contributed by atoms with Crippen molar-refractivity contribution in [2.45, 2.75) is 19.8 Å². The summed E-state index contributed by atoms with van der Waals surface area (Å²) in [5, 5.41) is 0. The smallest absolute Gasteiger partial charge is 0.260 e. The number of amides is 1. The number of anilines is 1. The molecule has 0 saturated heterocycles. The average molecular weight is 307 g/mol. The fourth-order valence-electron chi connectivity index (χ4n) is 2.72.